The second kappa shape index (κ2) is 7.28. The maximum Gasteiger partial charge on any atom is 0.227 e. The number of carbonyl (C=O) groups is 1. The fourth-order valence-corrected chi connectivity index (χ4v) is 5.27. The molecule has 5 rings (SSSR count). The number of benzene rings is 1. The van der Waals surface area contributed by atoms with Crippen LogP contribution in [0.3, 0.4) is 0 Å². The molecule has 0 spiro atoms. The van der Waals surface area contributed by atoms with Gasteiger partial charge in [0.15, 0.2) is 4.96 Å². The number of nitrogens with zero attached hydrogens (tertiary/aromatic N) is 2. The highest BCUT2D eigenvalue weighted by Crippen LogP contribution is 2.29. The van der Waals surface area contributed by atoms with Gasteiger partial charge >= 0.3 is 0 Å². The third kappa shape index (κ3) is 3.14. The Kier molecular flexibility index (Phi) is 4.70. The maximum absolute atomic E-state index is 14.9. The second-order valence-corrected chi connectivity index (χ2v) is 8.69. The molecule has 1 aliphatic heterocycles. The van der Waals surface area contributed by atoms with E-state index in [0.29, 0.717) is 29.2 Å². The first kappa shape index (κ1) is 19.4. The number of imidazole rings is 1. The standard InChI is InChI=1S/C21H21FN4O3S/c1-29-18-7-17-19(6-13(18)20(23)28)30-21-25-16(9-26(17)21)12-3-2-10(4-14(12)22)15-5-11(27)8-24-15/h2-4,6-7,9,11,13,15,18,24,27H,5,8H2,1H3,(H2,23,28). The van der Waals surface area contributed by atoms with Crippen LogP contribution in [0.25, 0.3) is 28.4 Å². The Hall–Kier alpha value is -2.59. The van der Waals surface area contributed by atoms with Crippen LogP contribution in [0.1, 0.15) is 18.0 Å². The third-order valence-corrected chi connectivity index (χ3v) is 6.81. The number of halogens is 1. The molecule has 4 atom stereocenters. The van der Waals surface area contributed by atoms with Crippen LogP contribution < -0.4 is 20.9 Å². The van der Waals surface area contributed by atoms with Gasteiger partial charge in [0.1, 0.15) is 5.82 Å². The molecule has 0 saturated carbocycles. The first-order chi connectivity index (χ1) is 14.4. The SMILES string of the molecule is COC1C=c2c(sc3nc(-c4ccc(C5CC(O)CN5)cc4F)cn23)=CC1C(N)=O. The summed E-state index contributed by atoms with van der Waals surface area (Å²) in [5, 5.41) is 13.7. The lowest BCUT2D eigenvalue weighted by molar-refractivity contribution is -0.122. The normalized spacial score (nSPS) is 25.7. The number of thiazole rings is 1. The molecule has 1 saturated heterocycles. The number of ether oxygens (including phenoxy) is 1. The molecule has 3 heterocycles. The number of aromatic nitrogens is 2. The number of β-amino-alcohol motifs (C(OH)–C–C–N with tert-alkyl or cyclic N) is 1. The van der Waals surface area contributed by atoms with E-state index in [-0.39, 0.29) is 11.9 Å². The number of hydrogen-bond acceptors (Lipinski definition) is 6. The molecule has 30 heavy (non-hydrogen) atoms. The molecular formula is C21H21FN4O3S. The summed E-state index contributed by atoms with van der Waals surface area (Å²) >= 11 is 1.42. The van der Waals surface area contributed by atoms with Gasteiger partial charge in [0.05, 0.1) is 33.7 Å². The van der Waals surface area contributed by atoms with Crippen molar-refractivity contribution in [3.05, 3.63) is 45.7 Å². The number of aliphatic hydroxyl groups is 1. The summed E-state index contributed by atoms with van der Waals surface area (Å²) in [5.41, 5.74) is 7.26. The molecule has 4 unspecified atom stereocenters. The molecule has 0 radical (unpaired) electrons. The number of methoxy groups -OCH3 is 1. The third-order valence-electron chi connectivity index (χ3n) is 5.77. The monoisotopic (exact) mass is 428 g/mol. The van der Waals surface area contributed by atoms with Gasteiger partial charge in [-0.25, -0.2) is 9.37 Å². The van der Waals surface area contributed by atoms with Gasteiger partial charge in [0.2, 0.25) is 5.91 Å². The molecule has 0 bridgehead atoms. The zero-order valence-electron chi connectivity index (χ0n) is 16.2. The van der Waals surface area contributed by atoms with Crippen molar-refractivity contribution in [3.8, 4) is 11.3 Å². The lowest BCUT2D eigenvalue weighted by atomic mass is 9.98. The number of rotatable bonds is 4. The highest BCUT2D eigenvalue weighted by molar-refractivity contribution is 7.15. The van der Waals surface area contributed by atoms with E-state index >= 15 is 0 Å². The van der Waals surface area contributed by atoms with Gasteiger partial charge in [-0.2, -0.15) is 0 Å². The molecule has 2 aromatic heterocycles. The summed E-state index contributed by atoms with van der Waals surface area (Å²) in [6.45, 7) is 0.517. The molecule has 1 aromatic carbocycles. The Morgan fingerprint density at radius 3 is 2.93 bits per heavy atom. The van der Waals surface area contributed by atoms with E-state index < -0.39 is 24.0 Å². The highest BCUT2D eigenvalue weighted by Gasteiger charge is 2.27. The minimum Gasteiger partial charge on any atom is -0.392 e. The summed E-state index contributed by atoms with van der Waals surface area (Å²) < 4.78 is 23.1. The average molecular weight is 428 g/mol. The fourth-order valence-electron chi connectivity index (χ4n) is 4.19. The van der Waals surface area contributed by atoms with Crippen LogP contribution in [0, 0.1) is 11.7 Å². The van der Waals surface area contributed by atoms with E-state index in [1.165, 1.54) is 24.5 Å². The maximum atomic E-state index is 14.9. The molecule has 156 valence electrons. The summed E-state index contributed by atoms with van der Waals surface area (Å²) in [7, 11) is 1.54. The van der Waals surface area contributed by atoms with Crippen molar-refractivity contribution < 1.29 is 19.0 Å². The van der Waals surface area contributed by atoms with Crippen molar-refractivity contribution in [1.29, 1.82) is 0 Å². The van der Waals surface area contributed by atoms with Gasteiger partial charge in [-0.1, -0.05) is 17.4 Å². The van der Waals surface area contributed by atoms with E-state index in [1.54, 1.807) is 12.3 Å². The van der Waals surface area contributed by atoms with Gasteiger partial charge in [0, 0.05) is 31.5 Å². The Morgan fingerprint density at radius 1 is 1.43 bits per heavy atom. The number of primary amides is 1. The van der Waals surface area contributed by atoms with Crippen molar-refractivity contribution in [2.24, 2.45) is 11.7 Å². The predicted octanol–water partition coefficient (Wildman–Crippen LogP) is 0.288. The predicted molar refractivity (Wildman–Crippen MR) is 111 cm³/mol. The van der Waals surface area contributed by atoms with E-state index in [4.69, 9.17) is 10.5 Å². The number of aliphatic hydroxyl groups excluding tert-OH is 1. The summed E-state index contributed by atoms with van der Waals surface area (Å²) in [6, 6.07) is 5.06. The zero-order chi connectivity index (χ0) is 21.0. The summed E-state index contributed by atoms with van der Waals surface area (Å²) in [5.74, 6) is -1.32. The molecule has 9 heteroatoms. The van der Waals surface area contributed by atoms with Crippen molar-refractivity contribution in [2.45, 2.75) is 24.7 Å². The van der Waals surface area contributed by atoms with Gasteiger partial charge in [0.25, 0.3) is 0 Å². The van der Waals surface area contributed by atoms with Crippen molar-refractivity contribution in [1.82, 2.24) is 14.7 Å². The molecule has 1 fully saturated rings. The van der Waals surface area contributed by atoms with Crippen LogP contribution in [-0.2, 0) is 9.53 Å². The Labute approximate surface area is 175 Å². The van der Waals surface area contributed by atoms with Crippen LogP contribution in [0.15, 0.2) is 24.4 Å². The van der Waals surface area contributed by atoms with Crippen molar-refractivity contribution in [3.63, 3.8) is 0 Å². The van der Waals surface area contributed by atoms with Gasteiger partial charge in [-0.3, -0.25) is 9.20 Å². The molecule has 1 amide bonds. The number of fused-ring (bicyclic) bond motifs is 3. The molecule has 3 aromatic rings. The zero-order valence-corrected chi connectivity index (χ0v) is 17.0. The molecule has 2 aliphatic rings. The smallest absolute Gasteiger partial charge is 0.227 e. The van der Waals surface area contributed by atoms with Crippen LogP contribution >= 0.6 is 11.3 Å². The number of hydrogen-bond donors (Lipinski definition) is 3. The van der Waals surface area contributed by atoms with E-state index in [0.717, 1.165) is 15.4 Å². The lowest BCUT2D eigenvalue weighted by Crippen LogP contribution is -2.41. The number of nitrogens with two attached hydrogens (primary N) is 1. The quantitative estimate of drug-likeness (QED) is 0.555. The first-order valence-electron chi connectivity index (χ1n) is 9.69. The van der Waals surface area contributed by atoms with Crippen LogP contribution in [0.5, 0.6) is 0 Å². The fraction of sp³-hybridized carbons (Fsp3) is 0.333. The summed E-state index contributed by atoms with van der Waals surface area (Å²) in [6.07, 6.45) is 5.18. The summed E-state index contributed by atoms with van der Waals surface area (Å²) in [4.78, 5) is 17.0. The van der Waals surface area contributed by atoms with Gasteiger partial charge in [-0.05, 0) is 36.3 Å². The first-order valence-corrected chi connectivity index (χ1v) is 10.5. The highest BCUT2D eigenvalue weighted by atomic mass is 32.1. The Bertz CT molecular complexity index is 1270. The number of nitrogens with one attached hydrogen (secondary N) is 1. The minimum atomic E-state index is -0.530. The second-order valence-electron chi connectivity index (χ2n) is 7.68. The van der Waals surface area contributed by atoms with Crippen LogP contribution in [0.4, 0.5) is 4.39 Å². The van der Waals surface area contributed by atoms with Crippen LogP contribution in [0.2, 0.25) is 0 Å². The minimum absolute atomic E-state index is 0.0459. The van der Waals surface area contributed by atoms with E-state index in [1.807, 2.05) is 22.6 Å². The lowest BCUT2D eigenvalue weighted by Gasteiger charge is -2.19. The van der Waals surface area contributed by atoms with E-state index in [9.17, 15) is 14.3 Å². The van der Waals surface area contributed by atoms with Gasteiger partial charge in [-0.15, -0.1) is 0 Å². The van der Waals surface area contributed by atoms with Crippen molar-refractivity contribution in [2.75, 3.05) is 13.7 Å². The van der Waals surface area contributed by atoms with Crippen molar-refractivity contribution >= 4 is 34.4 Å². The largest absolute Gasteiger partial charge is 0.392 e. The molecule has 7 nitrogen and oxygen atoms in total. The van der Waals surface area contributed by atoms with Crippen LogP contribution in [-0.4, -0.2) is 46.3 Å². The average Bonchev–Trinajstić information content (AvgIpc) is 3.41. The number of amides is 1. The molecule has 1 aliphatic carbocycles. The number of carbonyl (C=O) groups excluding carboxylic acids is 1. The Morgan fingerprint density at radius 2 is 2.27 bits per heavy atom. The van der Waals surface area contributed by atoms with Gasteiger partial charge < -0.3 is 20.9 Å². The molecular weight excluding hydrogens is 407 g/mol. The van der Waals surface area contributed by atoms with E-state index in [2.05, 4.69) is 10.3 Å². The molecule has 4 N–H and O–H groups in total. The topological polar surface area (TPSA) is 102 Å². The Balaban J connectivity index is 1.54.